The fraction of sp³-hybridized carbons (Fsp3) is 0.276. The number of hydrogen-bond donors (Lipinski definition) is 0. The first kappa shape index (κ1) is 24.1. The highest BCUT2D eigenvalue weighted by Gasteiger charge is 2.36. The first-order valence-electron chi connectivity index (χ1n) is 12.1. The second-order valence-electron chi connectivity index (χ2n) is 9.51. The fourth-order valence-corrected chi connectivity index (χ4v) is 5.42. The molecule has 182 valence electrons. The van der Waals surface area contributed by atoms with E-state index >= 15 is 0 Å². The van der Waals surface area contributed by atoms with Crippen LogP contribution in [0.4, 0.5) is 5.69 Å². The average molecular weight is 498 g/mol. The molecule has 1 fully saturated rings. The summed E-state index contributed by atoms with van der Waals surface area (Å²) in [5.74, 6) is 0. The topological polar surface area (TPSA) is 65.2 Å². The predicted molar refractivity (Wildman–Crippen MR) is 144 cm³/mol. The number of aryl methyl sites for hydroxylation is 1. The molecule has 5 rings (SSSR count). The van der Waals surface area contributed by atoms with E-state index < -0.39 is 0 Å². The molecule has 1 aliphatic heterocycles. The van der Waals surface area contributed by atoms with Crippen molar-refractivity contribution in [3.05, 3.63) is 105 Å². The van der Waals surface area contributed by atoms with E-state index in [1.54, 1.807) is 23.7 Å². The zero-order valence-electron chi connectivity index (χ0n) is 20.6. The molecule has 0 N–H and O–H groups in total. The maximum absolute atomic E-state index is 12.8. The molecular weight excluding hydrogens is 470 g/mol. The summed E-state index contributed by atoms with van der Waals surface area (Å²) in [4.78, 5) is 22.2. The molecule has 2 aromatic carbocycles. The van der Waals surface area contributed by atoms with Gasteiger partial charge < -0.3 is 9.47 Å². The Labute approximate surface area is 216 Å². The van der Waals surface area contributed by atoms with Crippen LogP contribution in [0, 0.1) is 11.3 Å². The van der Waals surface area contributed by atoms with Crippen LogP contribution in [-0.2, 0) is 7.05 Å². The van der Waals surface area contributed by atoms with E-state index in [0.29, 0.717) is 11.2 Å². The second kappa shape index (κ2) is 9.77. The predicted octanol–water partition coefficient (Wildman–Crippen LogP) is 5.15. The third kappa shape index (κ3) is 4.37. The Kier molecular flexibility index (Phi) is 6.53. The summed E-state index contributed by atoms with van der Waals surface area (Å²) in [6.45, 7) is 5.92. The molecule has 1 saturated heterocycles. The smallest absolute Gasteiger partial charge is 0.252 e. The molecule has 1 unspecified atom stereocenters. The number of hydrogen-bond acceptors (Lipinski definition) is 5. The Bertz CT molecular complexity index is 1490. The van der Waals surface area contributed by atoms with Gasteiger partial charge in [0.2, 0.25) is 0 Å². The lowest BCUT2D eigenvalue weighted by atomic mass is 9.93. The summed E-state index contributed by atoms with van der Waals surface area (Å²) in [6, 6.07) is 26.3. The van der Waals surface area contributed by atoms with E-state index in [4.69, 9.17) is 11.6 Å². The van der Waals surface area contributed by atoms with Crippen molar-refractivity contribution in [2.45, 2.75) is 32.0 Å². The third-order valence-electron chi connectivity index (χ3n) is 7.16. The number of anilines is 1. The largest absolute Gasteiger partial charge is 0.364 e. The lowest BCUT2D eigenvalue weighted by molar-refractivity contribution is 0.130. The van der Waals surface area contributed by atoms with Gasteiger partial charge in [0.1, 0.15) is 17.3 Å². The van der Waals surface area contributed by atoms with Crippen molar-refractivity contribution in [3.63, 3.8) is 0 Å². The molecular formula is C29H28ClN5O. The summed E-state index contributed by atoms with van der Waals surface area (Å²) in [6.07, 6.45) is 0. The van der Waals surface area contributed by atoms with Gasteiger partial charge in [-0.05, 0) is 49.2 Å². The highest BCUT2D eigenvalue weighted by atomic mass is 35.5. The van der Waals surface area contributed by atoms with E-state index in [1.165, 1.54) is 11.1 Å². The van der Waals surface area contributed by atoms with Crippen LogP contribution in [0.1, 0.15) is 36.7 Å². The zero-order valence-corrected chi connectivity index (χ0v) is 21.4. The van der Waals surface area contributed by atoms with Crippen molar-refractivity contribution < 1.29 is 0 Å². The van der Waals surface area contributed by atoms with Gasteiger partial charge >= 0.3 is 0 Å². The number of benzene rings is 2. The van der Waals surface area contributed by atoms with Gasteiger partial charge in [0.25, 0.3) is 5.56 Å². The summed E-state index contributed by atoms with van der Waals surface area (Å²) in [5.41, 5.74) is 4.86. The van der Waals surface area contributed by atoms with Crippen LogP contribution < -0.4 is 10.5 Å². The van der Waals surface area contributed by atoms with Gasteiger partial charge in [-0.2, -0.15) is 5.26 Å². The van der Waals surface area contributed by atoms with Crippen molar-refractivity contribution in [1.29, 1.82) is 5.26 Å². The van der Waals surface area contributed by atoms with E-state index in [2.05, 4.69) is 71.1 Å². The van der Waals surface area contributed by atoms with Crippen LogP contribution in [0.2, 0.25) is 5.02 Å². The summed E-state index contributed by atoms with van der Waals surface area (Å²) in [5, 5.41) is 10.2. The van der Waals surface area contributed by atoms with Crippen LogP contribution in [-0.4, -0.2) is 39.6 Å². The molecule has 1 aliphatic rings. The van der Waals surface area contributed by atoms with Gasteiger partial charge in [-0.3, -0.25) is 9.69 Å². The van der Waals surface area contributed by atoms with Crippen LogP contribution >= 0.6 is 11.6 Å². The molecule has 7 heteroatoms. The molecule has 2 aromatic heterocycles. The van der Waals surface area contributed by atoms with E-state index in [1.807, 2.05) is 24.3 Å². The van der Waals surface area contributed by atoms with Crippen molar-refractivity contribution in [3.8, 4) is 6.07 Å². The maximum atomic E-state index is 12.8. The number of pyridine rings is 2. The number of nitriles is 1. The number of rotatable bonds is 4. The third-order valence-corrected chi connectivity index (χ3v) is 7.41. The van der Waals surface area contributed by atoms with Crippen molar-refractivity contribution in [2.75, 3.05) is 18.0 Å². The van der Waals surface area contributed by atoms with Crippen molar-refractivity contribution >= 4 is 28.3 Å². The van der Waals surface area contributed by atoms with Gasteiger partial charge in [-0.15, -0.1) is 0 Å². The molecule has 36 heavy (non-hydrogen) atoms. The quantitative estimate of drug-likeness (QED) is 0.390. The molecule has 0 aliphatic carbocycles. The highest BCUT2D eigenvalue weighted by molar-refractivity contribution is 6.30. The molecule has 6 nitrogen and oxygen atoms in total. The summed E-state index contributed by atoms with van der Waals surface area (Å²) >= 11 is 6.21. The van der Waals surface area contributed by atoms with Crippen LogP contribution in [0.15, 0.2) is 77.6 Å². The number of nitrogens with zero attached hydrogens (tertiary/aromatic N) is 5. The lowest BCUT2D eigenvalue weighted by Crippen LogP contribution is -2.57. The number of fused-ring (bicyclic) bond motifs is 1. The molecule has 0 amide bonds. The number of piperazine rings is 1. The normalized spacial score (nSPS) is 19.2. The molecule has 0 bridgehead atoms. The summed E-state index contributed by atoms with van der Waals surface area (Å²) in [7, 11) is 1.74. The van der Waals surface area contributed by atoms with Crippen LogP contribution in [0.3, 0.4) is 0 Å². The monoisotopic (exact) mass is 497 g/mol. The zero-order chi connectivity index (χ0) is 25.4. The van der Waals surface area contributed by atoms with Crippen molar-refractivity contribution in [2.24, 2.45) is 7.05 Å². The first-order chi connectivity index (χ1) is 17.4. The first-order valence-corrected chi connectivity index (χ1v) is 12.5. The standard InChI is InChI=1S/C29H28ClN5O/c1-19-18-35(29(21-7-5-4-6-8-21)22-9-11-23(30)12-10-22)20(2)17-34(19)26-15-27(36)33(3)25-14-13-24(16-31)32-28(25)26/h4-15,19-20,29H,17-18H2,1-3H3/t19-,20+,29?/m0/s1. The van der Waals surface area contributed by atoms with Gasteiger partial charge in [0.15, 0.2) is 0 Å². The summed E-state index contributed by atoms with van der Waals surface area (Å²) < 4.78 is 1.59. The SMILES string of the molecule is C[C@@H]1CN(c2cc(=O)n(C)c3ccc(C#N)nc23)[C@@H](C)CN1C(c1ccccc1)c1ccc(Cl)cc1. The van der Waals surface area contributed by atoms with Gasteiger partial charge in [-0.25, -0.2) is 4.98 Å². The molecule has 4 aromatic rings. The lowest BCUT2D eigenvalue weighted by Gasteiger charge is -2.48. The molecule has 0 radical (unpaired) electrons. The van der Waals surface area contributed by atoms with Gasteiger partial charge in [0, 0.05) is 43.3 Å². The average Bonchev–Trinajstić information content (AvgIpc) is 2.89. The Morgan fingerprint density at radius 1 is 0.972 bits per heavy atom. The molecule has 0 spiro atoms. The maximum Gasteiger partial charge on any atom is 0.252 e. The van der Waals surface area contributed by atoms with Gasteiger partial charge in [0.05, 0.1) is 17.2 Å². The van der Waals surface area contributed by atoms with Crippen molar-refractivity contribution in [1.82, 2.24) is 14.5 Å². The van der Waals surface area contributed by atoms with Crippen LogP contribution in [0.5, 0.6) is 0 Å². The minimum Gasteiger partial charge on any atom is -0.364 e. The molecule has 0 saturated carbocycles. The minimum atomic E-state index is -0.0883. The molecule has 3 atom stereocenters. The van der Waals surface area contributed by atoms with Crippen LogP contribution in [0.25, 0.3) is 11.0 Å². The Morgan fingerprint density at radius 3 is 2.36 bits per heavy atom. The highest BCUT2D eigenvalue weighted by Crippen LogP contribution is 2.36. The second-order valence-corrected chi connectivity index (χ2v) is 9.95. The molecule has 3 heterocycles. The Morgan fingerprint density at radius 2 is 1.67 bits per heavy atom. The van der Waals surface area contributed by atoms with E-state index in [0.717, 1.165) is 29.3 Å². The van der Waals surface area contributed by atoms with Gasteiger partial charge in [-0.1, -0.05) is 54.1 Å². The Hall–Kier alpha value is -3.66. The number of aromatic nitrogens is 2. The fourth-order valence-electron chi connectivity index (χ4n) is 5.30. The van der Waals surface area contributed by atoms with E-state index in [9.17, 15) is 10.1 Å². The van der Waals surface area contributed by atoms with E-state index in [-0.39, 0.29) is 23.7 Å². The minimum absolute atomic E-state index is 0.0757. The number of halogens is 1. The Balaban J connectivity index is 1.55.